The van der Waals surface area contributed by atoms with E-state index >= 15 is 0 Å². The molecule has 0 radical (unpaired) electrons. The van der Waals surface area contributed by atoms with Gasteiger partial charge in [0.05, 0.1) is 0 Å². The summed E-state index contributed by atoms with van der Waals surface area (Å²) in [5.74, 6) is -11.2. The van der Waals surface area contributed by atoms with Crippen molar-refractivity contribution in [1.29, 1.82) is 0 Å². The molecule has 0 aliphatic heterocycles. The quantitative estimate of drug-likeness (QED) is 0.310. The first-order chi connectivity index (χ1) is 6.37. The lowest BCUT2D eigenvalue weighted by molar-refractivity contribution is 0.356. The second-order valence-electron chi connectivity index (χ2n) is 2.17. The lowest BCUT2D eigenvalue weighted by Gasteiger charge is -2.01. The number of rotatable bonds is 1. The van der Waals surface area contributed by atoms with Crippen LogP contribution in [0.2, 0.25) is 0 Å². The van der Waals surface area contributed by atoms with Crippen molar-refractivity contribution < 1.29 is 30.7 Å². The number of benzene rings is 1. The van der Waals surface area contributed by atoms with Gasteiger partial charge in [-0.25, -0.2) is 22.0 Å². The summed E-state index contributed by atoms with van der Waals surface area (Å²) < 4.78 is 79.1. The van der Waals surface area contributed by atoms with Gasteiger partial charge in [0.2, 0.25) is 5.82 Å². The predicted octanol–water partition coefficient (Wildman–Crippen LogP) is 1.13. The first-order valence-electron chi connectivity index (χ1n) is 3.02. The molecule has 0 aliphatic rings. The van der Waals surface area contributed by atoms with E-state index in [0.717, 1.165) is 0 Å². The van der Waals surface area contributed by atoms with Crippen LogP contribution in [0.15, 0.2) is 4.90 Å². The van der Waals surface area contributed by atoms with Gasteiger partial charge in [-0.05, 0) is 0 Å². The average Bonchev–Trinajstić information content (AvgIpc) is 2.11. The maximum absolute atomic E-state index is 12.6. The molecule has 0 saturated heterocycles. The number of hydrogen-bond acceptors (Lipinski definition) is 1. The van der Waals surface area contributed by atoms with Gasteiger partial charge in [-0.15, -0.1) is 0 Å². The second-order valence-corrected chi connectivity index (χ2v) is 3.11. The van der Waals surface area contributed by atoms with Crippen molar-refractivity contribution in [3.8, 4) is 0 Å². The third-order valence-corrected chi connectivity index (χ3v) is 2.08. The first kappa shape index (κ1) is 11.1. The minimum absolute atomic E-state index is 1.64. The standard InChI is InChI=1S/C6HF5O2S/c7-1-2(8)4(10)6(14(12)13)5(11)3(1)9/h(H,12,13)/p+1. The van der Waals surface area contributed by atoms with E-state index in [1.807, 2.05) is 0 Å². The van der Waals surface area contributed by atoms with Gasteiger partial charge >= 0.3 is 11.1 Å². The molecule has 0 aromatic heterocycles. The smallest absolute Gasteiger partial charge is 0.342 e. The molecule has 0 bridgehead atoms. The summed E-state index contributed by atoms with van der Waals surface area (Å²) in [7, 11) is 0. The summed E-state index contributed by atoms with van der Waals surface area (Å²) in [4.78, 5) is -1.64. The SMILES string of the molecule is O=S([OH2+])c1c(F)c(F)c(F)c(F)c1F. The Kier molecular flexibility index (Phi) is 2.86. The van der Waals surface area contributed by atoms with Crippen LogP contribution in [-0.2, 0) is 11.1 Å². The zero-order valence-electron chi connectivity index (χ0n) is 6.21. The summed E-state index contributed by atoms with van der Waals surface area (Å²) in [5, 5.41) is 0. The minimum atomic E-state index is -3.03. The highest BCUT2D eigenvalue weighted by Gasteiger charge is 2.30. The molecule has 0 fully saturated rings. The number of halogens is 5. The Morgan fingerprint density at radius 2 is 1.07 bits per heavy atom. The highest BCUT2D eigenvalue weighted by Crippen LogP contribution is 2.24. The Hall–Kier alpha value is -1.02. The van der Waals surface area contributed by atoms with Crippen LogP contribution in [0.4, 0.5) is 22.0 Å². The van der Waals surface area contributed by atoms with E-state index in [-0.39, 0.29) is 0 Å². The topological polar surface area (TPSA) is 40.0 Å². The molecular weight excluding hydrogens is 231 g/mol. The van der Waals surface area contributed by atoms with Crippen LogP contribution >= 0.6 is 0 Å². The molecule has 8 heteroatoms. The van der Waals surface area contributed by atoms with Gasteiger partial charge in [0.15, 0.2) is 28.2 Å². The molecular formula is C6H2F5O2S+. The largest absolute Gasteiger partial charge is 0.347 e. The van der Waals surface area contributed by atoms with Crippen molar-refractivity contribution in [3.05, 3.63) is 29.1 Å². The average molecular weight is 233 g/mol. The summed E-state index contributed by atoms with van der Waals surface area (Å²) in [6.45, 7) is 0. The monoisotopic (exact) mass is 233 g/mol. The van der Waals surface area contributed by atoms with E-state index in [4.69, 9.17) is 4.55 Å². The van der Waals surface area contributed by atoms with Gasteiger partial charge in [0.1, 0.15) is 0 Å². The zero-order valence-corrected chi connectivity index (χ0v) is 7.02. The van der Waals surface area contributed by atoms with Crippen molar-refractivity contribution in [2.75, 3.05) is 0 Å². The molecule has 0 amide bonds. The van der Waals surface area contributed by atoms with Crippen LogP contribution in [-0.4, -0.2) is 8.76 Å². The van der Waals surface area contributed by atoms with E-state index < -0.39 is 45.1 Å². The molecule has 2 nitrogen and oxygen atoms in total. The van der Waals surface area contributed by atoms with Crippen molar-refractivity contribution in [1.82, 2.24) is 0 Å². The Balaban J connectivity index is 3.68. The molecule has 1 aromatic rings. The maximum Gasteiger partial charge on any atom is 0.342 e. The van der Waals surface area contributed by atoms with Crippen LogP contribution < -0.4 is 0 Å². The van der Waals surface area contributed by atoms with Crippen LogP contribution in [0, 0.1) is 29.1 Å². The van der Waals surface area contributed by atoms with Gasteiger partial charge in [0, 0.05) is 0 Å². The molecule has 0 heterocycles. The Bertz CT molecular complexity index is 390. The van der Waals surface area contributed by atoms with E-state index in [9.17, 15) is 26.2 Å². The summed E-state index contributed by atoms with van der Waals surface area (Å²) >= 11 is -3.03. The van der Waals surface area contributed by atoms with E-state index in [1.165, 1.54) is 0 Å². The van der Waals surface area contributed by atoms with Crippen LogP contribution in [0.3, 0.4) is 0 Å². The lowest BCUT2D eigenvalue weighted by atomic mass is 10.3. The lowest BCUT2D eigenvalue weighted by Crippen LogP contribution is -2.08. The summed E-state index contributed by atoms with van der Waals surface area (Å²) in [6, 6.07) is 0. The van der Waals surface area contributed by atoms with Crippen molar-refractivity contribution in [3.63, 3.8) is 0 Å². The van der Waals surface area contributed by atoms with Crippen LogP contribution in [0.1, 0.15) is 0 Å². The van der Waals surface area contributed by atoms with Crippen molar-refractivity contribution in [2.24, 2.45) is 0 Å². The fourth-order valence-electron chi connectivity index (χ4n) is 0.748. The Morgan fingerprint density at radius 3 is 1.36 bits per heavy atom. The predicted molar refractivity (Wildman–Crippen MR) is 36.3 cm³/mol. The third-order valence-electron chi connectivity index (χ3n) is 1.35. The summed E-state index contributed by atoms with van der Waals surface area (Å²) in [6.07, 6.45) is 0. The second kappa shape index (κ2) is 3.62. The van der Waals surface area contributed by atoms with Crippen LogP contribution in [0.5, 0.6) is 0 Å². The molecule has 0 aliphatic carbocycles. The highest BCUT2D eigenvalue weighted by molar-refractivity contribution is 7.79. The third kappa shape index (κ3) is 1.50. The summed E-state index contributed by atoms with van der Waals surface area (Å²) in [5.41, 5.74) is 0. The van der Waals surface area contributed by atoms with Crippen LogP contribution in [0.25, 0.3) is 0 Å². The van der Waals surface area contributed by atoms with E-state index in [2.05, 4.69) is 0 Å². The Morgan fingerprint density at radius 1 is 0.786 bits per heavy atom. The minimum Gasteiger partial charge on any atom is -0.347 e. The van der Waals surface area contributed by atoms with Crippen molar-refractivity contribution >= 4 is 11.1 Å². The Labute approximate surface area is 76.6 Å². The van der Waals surface area contributed by atoms with Gasteiger partial charge in [0.25, 0.3) is 0 Å². The first-order valence-corrected chi connectivity index (χ1v) is 4.17. The molecule has 0 saturated carbocycles. The normalized spacial score (nSPS) is 13.0. The number of hydrogen-bond donors (Lipinski definition) is 0. The molecule has 1 aromatic carbocycles. The zero-order chi connectivity index (χ0) is 11.0. The van der Waals surface area contributed by atoms with Gasteiger partial charge in [-0.3, -0.25) is 0 Å². The van der Waals surface area contributed by atoms with E-state index in [0.29, 0.717) is 0 Å². The fraction of sp³-hybridized carbons (Fsp3) is 0. The molecule has 1 unspecified atom stereocenters. The maximum atomic E-state index is 12.6. The molecule has 14 heavy (non-hydrogen) atoms. The van der Waals surface area contributed by atoms with Gasteiger partial charge in [-0.1, -0.05) is 0 Å². The molecule has 1 atom stereocenters. The fourth-order valence-corrected chi connectivity index (χ4v) is 1.25. The molecule has 78 valence electrons. The van der Waals surface area contributed by atoms with E-state index in [1.54, 1.807) is 0 Å². The van der Waals surface area contributed by atoms with Gasteiger partial charge < -0.3 is 4.55 Å². The van der Waals surface area contributed by atoms with Gasteiger partial charge in [-0.2, -0.15) is 4.21 Å². The van der Waals surface area contributed by atoms with Crippen molar-refractivity contribution in [2.45, 2.75) is 4.90 Å². The highest BCUT2D eigenvalue weighted by atomic mass is 32.2. The molecule has 0 spiro atoms. The molecule has 2 N–H and O–H groups in total. The molecule has 1 rings (SSSR count).